The summed E-state index contributed by atoms with van der Waals surface area (Å²) in [6.07, 6.45) is 2.56. The van der Waals surface area contributed by atoms with E-state index in [1.807, 2.05) is 48.5 Å². The summed E-state index contributed by atoms with van der Waals surface area (Å²) in [4.78, 5) is 20.2. The predicted octanol–water partition coefficient (Wildman–Crippen LogP) is 1.43. The maximum absolute atomic E-state index is 11.9. The van der Waals surface area contributed by atoms with Crippen molar-refractivity contribution in [3.05, 3.63) is 60.4 Å². The molecule has 0 aliphatic heterocycles. The lowest BCUT2D eigenvalue weighted by Gasteiger charge is -2.11. The van der Waals surface area contributed by atoms with Gasteiger partial charge in [0.1, 0.15) is 0 Å². The molecular weight excluding hydrogens is 290 g/mol. The van der Waals surface area contributed by atoms with Gasteiger partial charge in [-0.2, -0.15) is 0 Å². The number of aromatic nitrogens is 1. The molecule has 0 saturated carbocycles. The topological polar surface area (TPSA) is 78.4 Å². The number of hydrogen-bond donors (Lipinski definition) is 3. The van der Waals surface area contributed by atoms with Crippen LogP contribution in [0.2, 0.25) is 0 Å². The van der Waals surface area contributed by atoms with E-state index in [1.54, 1.807) is 13.2 Å². The Balaban J connectivity index is 1.69. The number of pyridine rings is 1. The quantitative estimate of drug-likeness (QED) is 0.557. The van der Waals surface area contributed by atoms with E-state index in [-0.39, 0.29) is 12.5 Å². The molecule has 0 unspecified atom stereocenters. The molecular formula is C17H21N5O. The third kappa shape index (κ3) is 6.17. The van der Waals surface area contributed by atoms with Gasteiger partial charge in [-0.15, -0.1) is 0 Å². The highest BCUT2D eigenvalue weighted by Crippen LogP contribution is 2.03. The van der Waals surface area contributed by atoms with E-state index in [1.165, 1.54) is 0 Å². The standard InChI is InChI=1S/C17H21N5O/c1-18-17(20-12-10-14-7-5-6-11-19-14)21-13-16(23)22-15-8-3-2-4-9-15/h2-9,11H,10,12-13H2,1H3,(H,22,23)(H2,18,20,21). The summed E-state index contributed by atoms with van der Waals surface area (Å²) in [5, 5.41) is 8.95. The number of nitrogens with zero attached hydrogens (tertiary/aromatic N) is 2. The molecule has 6 heteroatoms. The number of anilines is 1. The van der Waals surface area contributed by atoms with Crippen molar-refractivity contribution in [2.24, 2.45) is 4.99 Å². The molecule has 0 atom stereocenters. The number of carbonyl (C=O) groups is 1. The first-order chi connectivity index (χ1) is 11.3. The minimum absolute atomic E-state index is 0.121. The molecule has 1 amide bonds. The van der Waals surface area contributed by atoms with Gasteiger partial charge in [0.15, 0.2) is 5.96 Å². The number of carbonyl (C=O) groups excluding carboxylic acids is 1. The van der Waals surface area contributed by atoms with Gasteiger partial charge in [0, 0.05) is 37.6 Å². The molecule has 2 rings (SSSR count). The number of hydrogen-bond acceptors (Lipinski definition) is 3. The number of amides is 1. The third-order valence-electron chi connectivity index (χ3n) is 3.10. The van der Waals surface area contributed by atoms with Crippen molar-refractivity contribution in [2.75, 3.05) is 25.5 Å². The molecule has 0 fully saturated rings. The van der Waals surface area contributed by atoms with Gasteiger partial charge in [0.05, 0.1) is 6.54 Å². The Morgan fingerprint density at radius 2 is 1.87 bits per heavy atom. The zero-order valence-electron chi connectivity index (χ0n) is 13.1. The van der Waals surface area contributed by atoms with Crippen LogP contribution in [-0.2, 0) is 11.2 Å². The maximum atomic E-state index is 11.9. The Morgan fingerprint density at radius 3 is 2.57 bits per heavy atom. The number of rotatable bonds is 6. The molecule has 2 aromatic rings. The Kier molecular flexibility index (Phi) is 6.59. The van der Waals surface area contributed by atoms with E-state index < -0.39 is 0 Å². The number of guanidine groups is 1. The second-order valence-electron chi connectivity index (χ2n) is 4.84. The van der Waals surface area contributed by atoms with Crippen LogP contribution in [0.15, 0.2) is 59.7 Å². The van der Waals surface area contributed by atoms with Crippen LogP contribution < -0.4 is 16.0 Å². The first-order valence-corrected chi connectivity index (χ1v) is 7.47. The summed E-state index contributed by atoms with van der Waals surface area (Å²) < 4.78 is 0. The lowest BCUT2D eigenvalue weighted by molar-refractivity contribution is -0.115. The second-order valence-corrected chi connectivity index (χ2v) is 4.84. The van der Waals surface area contributed by atoms with E-state index in [4.69, 9.17) is 0 Å². The number of para-hydroxylation sites is 1. The summed E-state index contributed by atoms with van der Waals surface area (Å²) >= 11 is 0. The van der Waals surface area contributed by atoms with Crippen LogP contribution in [0, 0.1) is 0 Å². The van der Waals surface area contributed by atoms with Gasteiger partial charge in [-0.25, -0.2) is 0 Å². The highest BCUT2D eigenvalue weighted by molar-refractivity contribution is 5.94. The van der Waals surface area contributed by atoms with Crippen molar-refractivity contribution in [2.45, 2.75) is 6.42 Å². The zero-order chi connectivity index (χ0) is 16.3. The second kappa shape index (κ2) is 9.19. The van der Waals surface area contributed by atoms with Crippen molar-refractivity contribution in [1.82, 2.24) is 15.6 Å². The predicted molar refractivity (Wildman–Crippen MR) is 92.4 cm³/mol. The fourth-order valence-corrected chi connectivity index (χ4v) is 1.97. The van der Waals surface area contributed by atoms with E-state index in [0.717, 1.165) is 17.8 Å². The average molecular weight is 311 g/mol. The van der Waals surface area contributed by atoms with Crippen molar-refractivity contribution >= 4 is 17.6 Å². The Morgan fingerprint density at radius 1 is 1.09 bits per heavy atom. The van der Waals surface area contributed by atoms with Gasteiger partial charge in [0.2, 0.25) is 5.91 Å². The van der Waals surface area contributed by atoms with Crippen molar-refractivity contribution in [3.8, 4) is 0 Å². The SMILES string of the molecule is CN=C(NCCc1ccccn1)NCC(=O)Nc1ccccc1. The van der Waals surface area contributed by atoms with Gasteiger partial charge < -0.3 is 16.0 Å². The minimum atomic E-state index is -0.121. The summed E-state index contributed by atoms with van der Waals surface area (Å²) in [5.74, 6) is 0.466. The zero-order valence-corrected chi connectivity index (χ0v) is 13.1. The maximum Gasteiger partial charge on any atom is 0.243 e. The average Bonchev–Trinajstić information content (AvgIpc) is 2.59. The van der Waals surface area contributed by atoms with Crippen LogP contribution in [0.5, 0.6) is 0 Å². The Bertz CT molecular complexity index is 628. The summed E-state index contributed by atoms with van der Waals surface area (Å²) in [6, 6.07) is 15.2. The molecule has 23 heavy (non-hydrogen) atoms. The molecule has 0 aliphatic carbocycles. The minimum Gasteiger partial charge on any atom is -0.356 e. The first kappa shape index (κ1) is 16.5. The number of benzene rings is 1. The molecule has 120 valence electrons. The van der Waals surface area contributed by atoms with Crippen LogP contribution in [0.3, 0.4) is 0 Å². The van der Waals surface area contributed by atoms with Crippen molar-refractivity contribution < 1.29 is 4.79 Å². The van der Waals surface area contributed by atoms with E-state index >= 15 is 0 Å². The first-order valence-electron chi connectivity index (χ1n) is 7.47. The Labute approximate surface area is 136 Å². The number of aliphatic imine (C=N–C) groups is 1. The van der Waals surface area contributed by atoms with E-state index in [9.17, 15) is 4.79 Å². The van der Waals surface area contributed by atoms with E-state index in [2.05, 4.69) is 25.9 Å². The fourth-order valence-electron chi connectivity index (χ4n) is 1.97. The molecule has 1 aromatic heterocycles. The summed E-state index contributed by atoms with van der Waals surface area (Å²) in [5.41, 5.74) is 1.79. The normalized spacial score (nSPS) is 10.9. The van der Waals surface area contributed by atoms with Gasteiger partial charge in [-0.3, -0.25) is 14.8 Å². The lowest BCUT2D eigenvalue weighted by Crippen LogP contribution is -2.42. The van der Waals surface area contributed by atoms with Crippen LogP contribution in [0.4, 0.5) is 5.69 Å². The van der Waals surface area contributed by atoms with Gasteiger partial charge in [-0.05, 0) is 24.3 Å². The summed E-state index contributed by atoms with van der Waals surface area (Å²) in [6.45, 7) is 0.842. The number of nitrogens with one attached hydrogen (secondary N) is 3. The molecule has 0 radical (unpaired) electrons. The van der Waals surface area contributed by atoms with Crippen LogP contribution >= 0.6 is 0 Å². The largest absolute Gasteiger partial charge is 0.356 e. The molecule has 0 saturated heterocycles. The summed E-state index contributed by atoms with van der Waals surface area (Å²) in [7, 11) is 1.67. The van der Waals surface area contributed by atoms with Gasteiger partial charge in [-0.1, -0.05) is 24.3 Å². The van der Waals surface area contributed by atoms with E-state index in [0.29, 0.717) is 12.5 Å². The lowest BCUT2D eigenvalue weighted by atomic mass is 10.3. The highest BCUT2D eigenvalue weighted by atomic mass is 16.1. The molecule has 0 spiro atoms. The smallest absolute Gasteiger partial charge is 0.243 e. The van der Waals surface area contributed by atoms with Crippen LogP contribution in [0.25, 0.3) is 0 Å². The van der Waals surface area contributed by atoms with Crippen LogP contribution in [0.1, 0.15) is 5.69 Å². The van der Waals surface area contributed by atoms with Gasteiger partial charge >= 0.3 is 0 Å². The monoisotopic (exact) mass is 311 g/mol. The van der Waals surface area contributed by atoms with Crippen LogP contribution in [-0.4, -0.2) is 37.0 Å². The molecule has 0 bridgehead atoms. The highest BCUT2D eigenvalue weighted by Gasteiger charge is 2.04. The van der Waals surface area contributed by atoms with Crippen molar-refractivity contribution in [1.29, 1.82) is 0 Å². The van der Waals surface area contributed by atoms with Gasteiger partial charge in [0.25, 0.3) is 0 Å². The fraction of sp³-hybridized carbons (Fsp3) is 0.235. The molecule has 6 nitrogen and oxygen atoms in total. The molecule has 1 aromatic carbocycles. The molecule has 1 heterocycles. The third-order valence-corrected chi connectivity index (χ3v) is 3.10. The van der Waals surface area contributed by atoms with Crippen molar-refractivity contribution in [3.63, 3.8) is 0 Å². The molecule has 0 aliphatic rings. The Hall–Kier alpha value is -2.89. The molecule has 3 N–H and O–H groups in total.